The Bertz CT molecular complexity index is 354. The molecule has 1 heterocycles. The maximum Gasteiger partial charge on any atom is 0.450 e. The van der Waals surface area contributed by atoms with E-state index in [1.54, 1.807) is 0 Å². The third-order valence-corrected chi connectivity index (χ3v) is 1.58. The van der Waals surface area contributed by atoms with Crippen LogP contribution in [0.2, 0.25) is 0 Å². The fourth-order valence-electron chi connectivity index (χ4n) is 1.03. The van der Waals surface area contributed by atoms with Gasteiger partial charge >= 0.3 is 6.18 Å². The maximum absolute atomic E-state index is 12.3. The molecular formula is C8H8F3NO2. The van der Waals surface area contributed by atoms with Crippen LogP contribution >= 0.6 is 0 Å². The molecule has 6 heteroatoms. The van der Waals surface area contributed by atoms with Gasteiger partial charge in [-0.15, -0.1) is 0 Å². The number of carbonyl (C=O) groups excluding carboxylic acids is 1. The van der Waals surface area contributed by atoms with Gasteiger partial charge in [-0.2, -0.15) is 13.2 Å². The number of alkyl halides is 3. The van der Waals surface area contributed by atoms with Gasteiger partial charge < -0.3 is 9.73 Å². The van der Waals surface area contributed by atoms with Gasteiger partial charge in [-0.1, -0.05) is 0 Å². The first-order chi connectivity index (χ1) is 6.36. The molecule has 0 aliphatic rings. The second-order valence-electron chi connectivity index (χ2n) is 2.68. The van der Waals surface area contributed by atoms with Gasteiger partial charge in [-0.3, -0.25) is 4.79 Å². The zero-order chi connectivity index (χ0) is 10.9. The van der Waals surface area contributed by atoms with Gasteiger partial charge in [0.2, 0.25) is 5.76 Å². The maximum atomic E-state index is 12.3. The summed E-state index contributed by atoms with van der Waals surface area (Å²) >= 11 is 0. The molecule has 14 heavy (non-hydrogen) atoms. The second kappa shape index (κ2) is 3.36. The molecule has 1 aromatic rings. The number of carbonyl (C=O) groups is 1. The first-order valence-electron chi connectivity index (χ1n) is 3.76. The van der Waals surface area contributed by atoms with Crippen LogP contribution in [-0.2, 0) is 6.18 Å². The molecule has 0 saturated carbocycles. The Hall–Kier alpha value is -1.46. The SMILES string of the molecule is CNC(=O)c1cc(C)oc1C(F)(F)F. The van der Waals surface area contributed by atoms with Gasteiger partial charge in [-0.25, -0.2) is 0 Å². The van der Waals surface area contributed by atoms with Gasteiger partial charge in [0.05, 0.1) is 5.56 Å². The van der Waals surface area contributed by atoms with Crippen LogP contribution in [0, 0.1) is 6.92 Å². The zero-order valence-electron chi connectivity index (χ0n) is 7.53. The van der Waals surface area contributed by atoms with E-state index in [2.05, 4.69) is 9.73 Å². The average Bonchev–Trinajstić information content (AvgIpc) is 2.45. The highest BCUT2D eigenvalue weighted by Gasteiger charge is 2.39. The molecule has 1 N–H and O–H groups in total. The molecule has 0 radical (unpaired) electrons. The fourth-order valence-corrected chi connectivity index (χ4v) is 1.03. The van der Waals surface area contributed by atoms with Crippen LogP contribution in [0.1, 0.15) is 21.9 Å². The Kier molecular flexibility index (Phi) is 2.55. The van der Waals surface area contributed by atoms with Crippen LogP contribution in [0.4, 0.5) is 13.2 Å². The molecule has 1 amide bonds. The molecule has 0 aliphatic heterocycles. The van der Waals surface area contributed by atoms with Crippen LogP contribution in [0.5, 0.6) is 0 Å². The Morgan fingerprint density at radius 1 is 1.50 bits per heavy atom. The largest absolute Gasteiger partial charge is 0.456 e. The second-order valence-corrected chi connectivity index (χ2v) is 2.68. The van der Waals surface area contributed by atoms with Crippen molar-refractivity contribution in [2.45, 2.75) is 13.1 Å². The fraction of sp³-hybridized carbons (Fsp3) is 0.375. The summed E-state index contributed by atoms with van der Waals surface area (Å²) in [5, 5.41) is 2.11. The summed E-state index contributed by atoms with van der Waals surface area (Å²) in [6, 6.07) is 1.06. The van der Waals surface area contributed by atoms with Crippen molar-refractivity contribution in [1.29, 1.82) is 0 Å². The van der Waals surface area contributed by atoms with E-state index in [4.69, 9.17) is 0 Å². The number of rotatable bonds is 1. The predicted molar refractivity (Wildman–Crippen MR) is 41.8 cm³/mol. The number of furan rings is 1. The number of halogens is 3. The van der Waals surface area contributed by atoms with Crippen molar-refractivity contribution in [3.05, 3.63) is 23.2 Å². The molecule has 0 bridgehead atoms. The highest BCUT2D eigenvalue weighted by molar-refractivity contribution is 5.95. The topological polar surface area (TPSA) is 42.2 Å². The third kappa shape index (κ3) is 1.89. The third-order valence-electron chi connectivity index (χ3n) is 1.58. The van der Waals surface area contributed by atoms with Crippen molar-refractivity contribution in [3.63, 3.8) is 0 Å². The van der Waals surface area contributed by atoms with Crippen molar-refractivity contribution in [3.8, 4) is 0 Å². The Morgan fingerprint density at radius 2 is 2.07 bits per heavy atom. The smallest absolute Gasteiger partial charge is 0.450 e. The van der Waals surface area contributed by atoms with Crippen molar-refractivity contribution >= 4 is 5.91 Å². The Morgan fingerprint density at radius 3 is 2.50 bits per heavy atom. The molecule has 0 saturated heterocycles. The molecule has 1 aromatic heterocycles. The van der Waals surface area contributed by atoms with E-state index in [0.717, 1.165) is 6.07 Å². The van der Waals surface area contributed by atoms with Crippen LogP contribution in [0.3, 0.4) is 0 Å². The number of hydrogen-bond acceptors (Lipinski definition) is 2. The highest BCUT2D eigenvalue weighted by atomic mass is 19.4. The molecular weight excluding hydrogens is 199 g/mol. The lowest BCUT2D eigenvalue weighted by atomic mass is 10.2. The van der Waals surface area contributed by atoms with E-state index in [0.29, 0.717) is 0 Å². The van der Waals surface area contributed by atoms with Gasteiger partial charge in [0.1, 0.15) is 5.76 Å². The van der Waals surface area contributed by atoms with Crippen molar-refractivity contribution in [2.24, 2.45) is 0 Å². The van der Waals surface area contributed by atoms with E-state index in [1.807, 2.05) is 0 Å². The van der Waals surface area contributed by atoms with Crippen LogP contribution in [-0.4, -0.2) is 13.0 Å². The first-order valence-corrected chi connectivity index (χ1v) is 3.76. The van der Waals surface area contributed by atoms with E-state index < -0.39 is 23.4 Å². The molecule has 0 fully saturated rings. The van der Waals surface area contributed by atoms with Gasteiger partial charge in [-0.05, 0) is 13.0 Å². The van der Waals surface area contributed by atoms with Crippen LogP contribution in [0.15, 0.2) is 10.5 Å². The highest BCUT2D eigenvalue weighted by Crippen LogP contribution is 2.33. The van der Waals surface area contributed by atoms with E-state index >= 15 is 0 Å². The molecule has 0 unspecified atom stereocenters. The van der Waals surface area contributed by atoms with Crippen LogP contribution in [0.25, 0.3) is 0 Å². The minimum Gasteiger partial charge on any atom is -0.456 e. The van der Waals surface area contributed by atoms with Crippen molar-refractivity contribution in [1.82, 2.24) is 5.32 Å². The minimum atomic E-state index is -4.64. The molecule has 78 valence electrons. The minimum absolute atomic E-state index is 0.0518. The lowest BCUT2D eigenvalue weighted by Crippen LogP contribution is -2.21. The molecule has 1 rings (SSSR count). The standard InChI is InChI=1S/C8H8F3NO2/c1-4-3-5(7(13)12-2)6(14-4)8(9,10)11/h3H,1-2H3,(H,12,13). The summed E-state index contributed by atoms with van der Waals surface area (Å²) in [4.78, 5) is 11.0. The Balaban J connectivity index is 3.23. The number of amides is 1. The summed E-state index contributed by atoms with van der Waals surface area (Å²) in [6.07, 6.45) is -4.64. The molecule has 0 spiro atoms. The first kappa shape index (κ1) is 10.6. The average molecular weight is 207 g/mol. The van der Waals surface area contributed by atoms with E-state index in [9.17, 15) is 18.0 Å². The molecule has 0 aliphatic carbocycles. The van der Waals surface area contributed by atoms with Gasteiger partial charge in [0.25, 0.3) is 5.91 Å². The van der Waals surface area contributed by atoms with Crippen molar-refractivity contribution in [2.75, 3.05) is 7.05 Å². The van der Waals surface area contributed by atoms with Crippen molar-refractivity contribution < 1.29 is 22.4 Å². The van der Waals surface area contributed by atoms with Gasteiger partial charge in [0.15, 0.2) is 0 Å². The summed E-state index contributed by atoms with van der Waals surface area (Å²) in [5.41, 5.74) is -0.488. The zero-order valence-corrected chi connectivity index (χ0v) is 7.53. The quantitative estimate of drug-likeness (QED) is 0.764. The van der Waals surface area contributed by atoms with E-state index in [1.165, 1.54) is 14.0 Å². The summed E-state index contributed by atoms with van der Waals surface area (Å²) in [6.45, 7) is 1.35. The van der Waals surface area contributed by atoms with Gasteiger partial charge in [0, 0.05) is 7.05 Å². The lowest BCUT2D eigenvalue weighted by molar-refractivity contribution is -0.153. The summed E-state index contributed by atoms with van der Waals surface area (Å²) < 4.78 is 41.3. The number of hydrogen-bond donors (Lipinski definition) is 1. The normalized spacial score (nSPS) is 11.5. The van der Waals surface area contributed by atoms with Crippen LogP contribution < -0.4 is 5.32 Å². The monoisotopic (exact) mass is 207 g/mol. The summed E-state index contributed by atoms with van der Waals surface area (Å²) in [7, 11) is 1.25. The molecule has 3 nitrogen and oxygen atoms in total. The summed E-state index contributed by atoms with van der Waals surface area (Å²) in [5.74, 6) is -2.01. The molecule has 0 aromatic carbocycles. The number of nitrogens with one attached hydrogen (secondary N) is 1. The van der Waals surface area contributed by atoms with E-state index in [-0.39, 0.29) is 5.76 Å². The number of aryl methyl sites for hydroxylation is 1. The molecule has 0 atom stereocenters. The Labute approximate surface area is 77.9 Å². The predicted octanol–water partition coefficient (Wildman–Crippen LogP) is 1.97. The lowest BCUT2D eigenvalue weighted by Gasteiger charge is -2.04.